The second kappa shape index (κ2) is 18.8. The Bertz CT molecular complexity index is 1740. The molecule has 66 heavy (non-hydrogen) atoms. The topological polar surface area (TPSA) is 374 Å². The lowest BCUT2D eigenvalue weighted by molar-refractivity contribution is -0.409. The number of ether oxygens (including phenoxy) is 8. The molecule has 1 spiro atoms. The molecule has 4 aliphatic carbocycles. The Hall–Kier alpha value is -1.63. The third-order valence-corrected chi connectivity index (χ3v) is 16.8. The summed E-state index contributed by atoms with van der Waals surface area (Å²) < 4.78 is 47.2. The summed E-state index contributed by atoms with van der Waals surface area (Å²) in [5.41, 5.74) is -2.42. The zero-order valence-corrected chi connectivity index (χ0v) is 36.8. The first-order chi connectivity index (χ1) is 31.1. The average Bonchev–Trinajstić information content (AvgIpc) is 3.48. The molecule has 8 aliphatic rings. The number of aliphatic hydroxyl groups excluding tert-OH is 14. The van der Waals surface area contributed by atoms with Crippen molar-refractivity contribution in [2.75, 3.05) is 19.8 Å². The summed E-state index contributed by atoms with van der Waals surface area (Å²) in [7, 11) is 0. The van der Waals surface area contributed by atoms with E-state index < -0.39 is 171 Å². The van der Waals surface area contributed by atoms with E-state index in [9.17, 15) is 76.3 Å². The average molecular weight is 953 g/mol. The molecule has 4 aliphatic heterocycles. The van der Waals surface area contributed by atoms with Crippen LogP contribution in [-0.4, -0.2) is 226 Å². The van der Waals surface area contributed by atoms with E-state index in [1.54, 1.807) is 0 Å². The summed E-state index contributed by atoms with van der Waals surface area (Å²) in [6, 6.07) is 0. The number of hydrogen-bond donors (Lipinski definition) is 14. The van der Waals surface area contributed by atoms with Gasteiger partial charge < -0.3 is 109 Å². The number of carbonyl (C=O) groups excluding carboxylic acids is 1. The van der Waals surface area contributed by atoms with Gasteiger partial charge in [-0.25, -0.2) is 0 Å². The molecule has 0 aromatic rings. The molecule has 4 saturated carbocycles. The molecule has 0 aromatic carbocycles. The van der Waals surface area contributed by atoms with E-state index in [1.165, 1.54) is 0 Å². The predicted octanol–water partition coefficient (Wildman–Crippen LogP) is -5.16. The normalized spacial score (nSPS) is 55.2. The van der Waals surface area contributed by atoms with E-state index >= 15 is 0 Å². The van der Waals surface area contributed by atoms with Gasteiger partial charge in [-0.2, -0.15) is 0 Å². The molecule has 23 nitrogen and oxygen atoms in total. The Balaban J connectivity index is 1.05. The van der Waals surface area contributed by atoms with Gasteiger partial charge >= 0.3 is 5.97 Å². The van der Waals surface area contributed by atoms with Crippen molar-refractivity contribution in [3.8, 4) is 0 Å². The van der Waals surface area contributed by atoms with Gasteiger partial charge in [-0.05, 0) is 86.5 Å². The minimum absolute atomic E-state index is 0.0137. The second-order valence-corrected chi connectivity index (χ2v) is 20.5. The number of rotatable bonds is 11. The zero-order valence-electron chi connectivity index (χ0n) is 36.8. The SMILES string of the molecule is C=C1CC23CCC4C(C)(C(=O)OC5OC(CO)C(O)C(O)C5O)CCCC4(C)C2CCC1(OC1OC(O)C(O)C(OC2C(O)OC(CO)C(O)C2O)C1OC1OC(CO)C(O)C(O)C1O)C3. The monoisotopic (exact) mass is 952 g/mol. The maximum atomic E-state index is 14.3. The molecular formula is C43H68O23. The zero-order chi connectivity index (χ0) is 48.0. The maximum Gasteiger partial charge on any atom is 0.314 e. The van der Waals surface area contributed by atoms with E-state index in [4.69, 9.17) is 37.9 Å². The number of aliphatic hydroxyl groups is 14. The molecule has 0 radical (unpaired) electrons. The van der Waals surface area contributed by atoms with Crippen molar-refractivity contribution < 1.29 is 114 Å². The van der Waals surface area contributed by atoms with Crippen LogP contribution in [0.3, 0.4) is 0 Å². The first-order valence-corrected chi connectivity index (χ1v) is 22.9. The molecule has 4 saturated heterocycles. The van der Waals surface area contributed by atoms with Crippen LogP contribution in [0, 0.1) is 28.1 Å². The summed E-state index contributed by atoms with van der Waals surface area (Å²) in [4.78, 5) is 14.3. The highest BCUT2D eigenvalue weighted by Crippen LogP contribution is 2.73. The van der Waals surface area contributed by atoms with E-state index in [0.29, 0.717) is 56.9 Å². The summed E-state index contributed by atoms with van der Waals surface area (Å²) in [5.74, 6) is -0.829. The molecule has 4 heterocycles. The van der Waals surface area contributed by atoms with Gasteiger partial charge in [-0.1, -0.05) is 19.9 Å². The van der Waals surface area contributed by atoms with Crippen molar-refractivity contribution in [2.24, 2.45) is 28.1 Å². The molecule has 8 fully saturated rings. The predicted molar refractivity (Wildman–Crippen MR) is 214 cm³/mol. The van der Waals surface area contributed by atoms with Crippen LogP contribution in [0.15, 0.2) is 12.2 Å². The highest BCUT2D eigenvalue weighted by atomic mass is 16.8. The Morgan fingerprint density at radius 1 is 0.591 bits per heavy atom. The van der Waals surface area contributed by atoms with Crippen LogP contribution in [0.2, 0.25) is 0 Å². The molecule has 0 amide bonds. The fourth-order valence-corrected chi connectivity index (χ4v) is 13.3. The molecule has 2 bridgehead atoms. The van der Waals surface area contributed by atoms with Crippen LogP contribution in [0.25, 0.3) is 0 Å². The van der Waals surface area contributed by atoms with Crippen molar-refractivity contribution in [3.05, 3.63) is 12.2 Å². The summed E-state index contributed by atoms with van der Waals surface area (Å²) in [6.45, 7) is 6.18. The van der Waals surface area contributed by atoms with Crippen LogP contribution in [0.4, 0.5) is 0 Å². The van der Waals surface area contributed by atoms with Crippen LogP contribution in [0.5, 0.6) is 0 Å². The van der Waals surface area contributed by atoms with Gasteiger partial charge in [0, 0.05) is 0 Å². The van der Waals surface area contributed by atoms with E-state index in [0.717, 1.165) is 6.42 Å². The third kappa shape index (κ3) is 8.29. The lowest BCUT2D eigenvalue weighted by atomic mass is 9.41. The molecule has 23 heteroatoms. The van der Waals surface area contributed by atoms with Crippen molar-refractivity contribution in [2.45, 2.75) is 200 Å². The summed E-state index contributed by atoms with van der Waals surface area (Å²) >= 11 is 0. The molecular weight excluding hydrogens is 884 g/mol. The second-order valence-electron chi connectivity index (χ2n) is 20.5. The standard InChI is InChI=1S/C43H68O23/c1-16-11-42-9-5-20-40(2,7-4-8-41(20,3)39(58)65-37-29(54)26(51)23(48)19(14-46)61-37)21(42)6-10-43(16,15-42)66-38-33(63-36-28(53)25(50)22(47)18(13-45)60-36)31(30(55)34(56)64-38)62-32-27(52)24(49)17(12-44)59-35(32)57/h17-38,44-57H,1,4-15H2,2-3H3. The van der Waals surface area contributed by atoms with Crippen LogP contribution in [-0.2, 0) is 42.7 Å². The Kier molecular flexibility index (Phi) is 14.5. The lowest BCUT2D eigenvalue weighted by Gasteiger charge is -2.64. The van der Waals surface area contributed by atoms with Gasteiger partial charge in [0.2, 0.25) is 6.29 Å². The highest BCUT2D eigenvalue weighted by molar-refractivity contribution is 5.77. The highest BCUT2D eigenvalue weighted by Gasteiger charge is 2.70. The van der Waals surface area contributed by atoms with Crippen LogP contribution >= 0.6 is 0 Å². The Morgan fingerprint density at radius 2 is 1.17 bits per heavy atom. The van der Waals surface area contributed by atoms with Gasteiger partial charge in [0.15, 0.2) is 25.2 Å². The van der Waals surface area contributed by atoms with Crippen molar-refractivity contribution in [1.82, 2.24) is 0 Å². The molecule has 0 aromatic heterocycles. The minimum atomic E-state index is -2.07. The van der Waals surface area contributed by atoms with Crippen molar-refractivity contribution >= 4 is 5.97 Å². The number of hydrogen-bond acceptors (Lipinski definition) is 23. The number of carbonyl (C=O) groups is 1. The van der Waals surface area contributed by atoms with Gasteiger partial charge in [-0.3, -0.25) is 4.79 Å². The van der Waals surface area contributed by atoms with Crippen molar-refractivity contribution in [1.29, 1.82) is 0 Å². The van der Waals surface area contributed by atoms with Crippen molar-refractivity contribution in [3.63, 3.8) is 0 Å². The number of fused-ring (bicyclic) bond motifs is 3. The molecule has 8 rings (SSSR count). The fraction of sp³-hybridized carbons (Fsp3) is 0.930. The van der Waals surface area contributed by atoms with Gasteiger partial charge in [-0.15, -0.1) is 0 Å². The smallest absolute Gasteiger partial charge is 0.314 e. The summed E-state index contributed by atoms with van der Waals surface area (Å²) in [6.07, 6.45) is -30.6. The molecule has 378 valence electrons. The number of esters is 1. The first kappa shape index (κ1) is 50.7. The van der Waals surface area contributed by atoms with Gasteiger partial charge in [0.05, 0.1) is 30.8 Å². The lowest BCUT2D eigenvalue weighted by Crippen LogP contribution is -2.68. The van der Waals surface area contributed by atoms with Gasteiger partial charge in [0.1, 0.15) is 91.6 Å². The Morgan fingerprint density at radius 3 is 1.80 bits per heavy atom. The summed E-state index contributed by atoms with van der Waals surface area (Å²) in [5, 5.41) is 148. The first-order valence-electron chi connectivity index (χ1n) is 22.9. The fourth-order valence-electron chi connectivity index (χ4n) is 13.3. The molecule has 14 N–H and O–H groups in total. The van der Waals surface area contributed by atoms with E-state index in [-0.39, 0.29) is 11.8 Å². The van der Waals surface area contributed by atoms with Gasteiger partial charge in [0.25, 0.3) is 0 Å². The third-order valence-electron chi connectivity index (χ3n) is 16.8. The minimum Gasteiger partial charge on any atom is -0.432 e. The Labute approximate surface area is 380 Å². The van der Waals surface area contributed by atoms with E-state index in [1.807, 2.05) is 6.92 Å². The van der Waals surface area contributed by atoms with Crippen LogP contribution in [0.1, 0.15) is 71.6 Å². The largest absolute Gasteiger partial charge is 0.432 e. The molecule has 26 unspecified atom stereocenters. The van der Waals surface area contributed by atoms with Crippen LogP contribution < -0.4 is 0 Å². The maximum absolute atomic E-state index is 14.3. The van der Waals surface area contributed by atoms with E-state index in [2.05, 4.69) is 13.5 Å². The molecule has 26 atom stereocenters. The quantitative estimate of drug-likeness (QED) is 0.0523.